The van der Waals surface area contributed by atoms with Crippen molar-refractivity contribution in [3.05, 3.63) is 85.4 Å². The van der Waals surface area contributed by atoms with Gasteiger partial charge in [0.1, 0.15) is 18.9 Å². The van der Waals surface area contributed by atoms with Crippen LogP contribution in [0.3, 0.4) is 0 Å². The van der Waals surface area contributed by atoms with E-state index in [0.717, 1.165) is 45.1 Å². The number of nitroso groups, excluding NO2 is 1. The molecular weight excluding hydrogens is 422 g/mol. The van der Waals surface area contributed by atoms with E-state index in [4.69, 9.17) is 4.74 Å². The molecule has 2 heterocycles. The second-order valence-electron chi connectivity index (χ2n) is 7.96. The highest BCUT2D eigenvalue weighted by atomic mass is 16.5. The summed E-state index contributed by atoms with van der Waals surface area (Å²) in [6.07, 6.45) is 0. The molecule has 0 bridgehead atoms. The van der Waals surface area contributed by atoms with Crippen LogP contribution in [0.15, 0.2) is 46.4 Å². The Morgan fingerprint density at radius 2 is 1.76 bits per heavy atom. The molecule has 0 radical (unpaired) electrons. The van der Waals surface area contributed by atoms with Gasteiger partial charge in [0.2, 0.25) is 0 Å². The van der Waals surface area contributed by atoms with Crippen LogP contribution in [0.2, 0.25) is 0 Å². The molecule has 0 unspecified atom stereocenters. The minimum Gasteiger partial charge on any atom is -0.489 e. The second-order valence-corrected chi connectivity index (χ2v) is 7.96. The number of tetrazole rings is 1. The third kappa shape index (κ3) is 4.07. The molecule has 0 aliphatic rings. The smallest absolute Gasteiger partial charge is 0.368 e. The van der Waals surface area contributed by atoms with Crippen LogP contribution in [0, 0.1) is 32.6 Å². The zero-order valence-electron chi connectivity index (χ0n) is 19.2. The lowest BCUT2D eigenvalue weighted by Crippen LogP contribution is -2.23. The van der Waals surface area contributed by atoms with Crippen LogP contribution in [0.25, 0.3) is 11.4 Å². The summed E-state index contributed by atoms with van der Waals surface area (Å²) >= 11 is 0. The maximum absolute atomic E-state index is 12.4. The predicted molar refractivity (Wildman–Crippen MR) is 123 cm³/mol. The fraction of sp³-hybridized carbons (Fsp3) is 0.304. The van der Waals surface area contributed by atoms with Crippen molar-refractivity contribution in [2.45, 2.75) is 40.8 Å². The van der Waals surface area contributed by atoms with Crippen LogP contribution in [0.5, 0.6) is 5.75 Å². The number of ether oxygens (including phenoxy) is 1. The van der Waals surface area contributed by atoms with Gasteiger partial charge in [-0.1, -0.05) is 17.3 Å². The molecule has 0 aliphatic heterocycles. The number of hydrogen-bond acceptors (Lipinski definition) is 7. The monoisotopic (exact) mass is 447 g/mol. The van der Waals surface area contributed by atoms with Crippen molar-refractivity contribution in [3.8, 4) is 17.1 Å². The molecule has 170 valence electrons. The van der Waals surface area contributed by atoms with Gasteiger partial charge in [-0.05, 0) is 73.5 Å². The van der Waals surface area contributed by atoms with E-state index in [9.17, 15) is 9.70 Å². The second kappa shape index (κ2) is 8.81. The molecule has 33 heavy (non-hydrogen) atoms. The van der Waals surface area contributed by atoms with Gasteiger partial charge >= 0.3 is 5.69 Å². The van der Waals surface area contributed by atoms with Crippen molar-refractivity contribution in [1.29, 1.82) is 0 Å². The van der Waals surface area contributed by atoms with Crippen molar-refractivity contribution < 1.29 is 4.74 Å². The van der Waals surface area contributed by atoms with Crippen LogP contribution in [-0.4, -0.2) is 29.6 Å². The Labute approximate surface area is 190 Å². The predicted octanol–water partition coefficient (Wildman–Crippen LogP) is 3.23. The molecule has 0 fully saturated rings. The third-order valence-electron chi connectivity index (χ3n) is 5.77. The summed E-state index contributed by atoms with van der Waals surface area (Å²) in [6.45, 7) is 8.09. The van der Waals surface area contributed by atoms with Crippen molar-refractivity contribution in [2.75, 3.05) is 0 Å². The van der Waals surface area contributed by atoms with Crippen molar-refractivity contribution in [3.63, 3.8) is 0 Å². The van der Waals surface area contributed by atoms with Crippen molar-refractivity contribution >= 4 is 0 Å². The fourth-order valence-corrected chi connectivity index (χ4v) is 3.83. The van der Waals surface area contributed by atoms with Gasteiger partial charge < -0.3 is 4.74 Å². The summed E-state index contributed by atoms with van der Waals surface area (Å²) in [7, 11) is 1.56. The first-order chi connectivity index (χ1) is 15.8. The average molecular weight is 447 g/mol. The molecule has 0 atom stereocenters. The highest BCUT2D eigenvalue weighted by Gasteiger charge is 2.16. The van der Waals surface area contributed by atoms with Gasteiger partial charge in [0, 0.05) is 23.9 Å². The quantitative estimate of drug-likeness (QED) is 0.402. The van der Waals surface area contributed by atoms with Crippen LogP contribution in [-0.2, 0) is 20.2 Å². The molecule has 4 aromatic rings. The molecule has 0 N–H and O–H groups in total. The highest BCUT2D eigenvalue weighted by Crippen LogP contribution is 2.26. The molecule has 10 nitrogen and oxygen atoms in total. The highest BCUT2D eigenvalue weighted by molar-refractivity contribution is 5.47. The Bertz CT molecular complexity index is 1400. The molecule has 0 spiro atoms. The first-order valence-corrected chi connectivity index (χ1v) is 10.5. The summed E-state index contributed by atoms with van der Waals surface area (Å²) in [5.74, 6) is 0.718. The standard InChI is InChI=1S/C23H25N7O3/c1-14-7-6-8-21(30-23(31)28(5)26-27-30)20(14)13-33-22-10-9-18(11-15(22)2)29-17(4)19(12-24-32)16(3)25-29/h6-11H,12-13H2,1-5H3. The van der Waals surface area contributed by atoms with Gasteiger partial charge in [-0.3, -0.25) is 0 Å². The minimum absolute atomic E-state index is 0.103. The summed E-state index contributed by atoms with van der Waals surface area (Å²) in [6, 6.07) is 11.5. The Hall–Kier alpha value is -4.08. The molecule has 0 amide bonds. The Morgan fingerprint density at radius 3 is 2.42 bits per heavy atom. The van der Waals surface area contributed by atoms with E-state index < -0.39 is 0 Å². The van der Waals surface area contributed by atoms with E-state index >= 15 is 0 Å². The molecule has 2 aromatic heterocycles. The van der Waals surface area contributed by atoms with E-state index in [-0.39, 0.29) is 18.8 Å². The van der Waals surface area contributed by atoms with Gasteiger partial charge in [0.15, 0.2) is 0 Å². The topological polar surface area (TPSA) is 109 Å². The maximum atomic E-state index is 12.4. The Balaban J connectivity index is 1.61. The molecule has 0 saturated carbocycles. The summed E-state index contributed by atoms with van der Waals surface area (Å²) < 4.78 is 10.4. The summed E-state index contributed by atoms with van der Waals surface area (Å²) in [5.41, 5.74) is 6.48. The normalized spacial score (nSPS) is 11.1. The van der Waals surface area contributed by atoms with Crippen molar-refractivity contribution in [2.24, 2.45) is 12.2 Å². The zero-order valence-corrected chi connectivity index (χ0v) is 19.2. The SMILES string of the molecule is Cc1cc(-n2nc(C)c(CN=O)c2C)ccc1OCc1c(C)cccc1-n1nnn(C)c1=O. The maximum Gasteiger partial charge on any atom is 0.368 e. The lowest BCUT2D eigenvalue weighted by Gasteiger charge is -2.15. The number of aromatic nitrogens is 6. The van der Waals surface area contributed by atoms with Crippen LogP contribution in [0.4, 0.5) is 0 Å². The van der Waals surface area contributed by atoms with Gasteiger partial charge in [-0.15, -0.1) is 0 Å². The molecule has 4 rings (SSSR count). The third-order valence-corrected chi connectivity index (χ3v) is 5.77. The van der Waals surface area contributed by atoms with Crippen molar-refractivity contribution in [1.82, 2.24) is 29.6 Å². The van der Waals surface area contributed by atoms with E-state index in [0.29, 0.717) is 5.69 Å². The van der Waals surface area contributed by atoms with Gasteiger partial charge in [-0.2, -0.15) is 19.4 Å². The Kier molecular flexibility index (Phi) is 5.91. The minimum atomic E-state index is -0.323. The molecule has 10 heteroatoms. The van der Waals surface area contributed by atoms with Gasteiger partial charge in [-0.25, -0.2) is 9.48 Å². The van der Waals surface area contributed by atoms with E-state index in [1.54, 1.807) is 7.05 Å². The van der Waals surface area contributed by atoms with Gasteiger partial charge in [0.25, 0.3) is 0 Å². The lowest BCUT2D eigenvalue weighted by atomic mass is 10.1. The van der Waals surface area contributed by atoms with E-state index in [2.05, 4.69) is 20.7 Å². The molecule has 0 aliphatic carbocycles. The molecule has 2 aromatic carbocycles. The first kappa shape index (κ1) is 22.1. The average Bonchev–Trinajstić information content (AvgIpc) is 3.27. The number of benzene rings is 2. The van der Waals surface area contributed by atoms with Crippen LogP contribution >= 0.6 is 0 Å². The van der Waals surface area contributed by atoms with E-state index in [1.807, 2.05) is 68.8 Å². The van der Waals surface area contributed by atoms with Crippen LogP contribution < -0.4 is 10.4 Å². The lowest BCUT2D eigenvalue weighted by molar-refractivity contribution is 0.302. The van der Waals surface area contributed by atoms with Gasteiger partial charge in [0.05, 0.1) is 17.1 Å². The number of nitrogens with zero attached hydrogens (tertiary/aromatic N) is 7. The summed E-state index contributed by atoms with van der Waals surface area (Å²) in [4.78, 5) is 23.1. The first-order valence-electron chi connectivity index (χ1n) is 10.5. The fourth-order valence-electron chi connectivity index (χ4n) is 3.83. The summed E-state index contributed by atoms with van der Waals surface area (Å²) in [5, 5.41) is 15.3. The molecular formula is C23H25N7O3. The molecule has 0 saturated heterocycles. The van der Waals surface area contributed by atoms with Crippen LogP contribution in [0.1, 0.15) is 33.6 Å². The largest absolute Gasteiger partial charge is 0.489 e. The number of aryl methyl sites for hydroxylation is 4. The van der Waals surface area contributed by atoms with E-state index in [1.165, 1.54) is 9.36 Å². The number of hydrogen-bond donors (Lipinski definition) is 0. The zero-order chi connectivity index (χ0) is 23.7. The number of rotatable bonds is 7. The Morgan fingerprint density at radius 1 is 0.970 bits per heavy atom.